The van der Waals surface area contributed by atoms with Gasteiger partial charge in [0.05, 0.1) is 6.04 Å². The monoisotopic (exact) mass is 501 g/mol. The molecule has 9 heteroatoms. The van der Waals surface area contributed by atoms with Gasteiger partial charge in [-0.2, -0.15) is 0 Å². The van der Waals surface area contributed by atoms with Gasteiger partial charge in [0.15, 0.2) is 10.8 Å². The summed E-state index contributed by atoms with van der Waals surface area (Å²) in [5, 5.41) is 7.68. The molecule has 168 valence electrons. The molecule has 0 saturated carbocycles. The number of fused-ring (bicyclic) bond motifs is 4. The summed E-state index contributed by atoms with van der Waals surface area (Å²) < 4.78 is 20.1. The number of halogens is 3. The van der Waals surface area contributed by atoms with Crippen molar-refractivity contribution < 1.29 is 13.9 Å². The molecule has 1 amide bonds. The molecule has 0 aromatic heterocycles. The lowest BCUT2D eigenvalue weighted by Gasteiger charge is -2.56. The van der Waals surface area contributed by atoms with Crippen LogP contribution in [0.4, 0.5) is 15.8 Å². The molecule has 2 heterocycles. The van der Waals surface area contributed by atoms with Crippen LogP contribution in [0.2, 0.25) is 10.0 Å². The van der Waals surface area contributed by atoms with Crippen LogP contribution in [0.25, 0.3) is 0 Å². The number of carbonyl (C=O) groups is 1. The SMILES string of the molecule is C[C@@]12Oc3ccc(Cl)cc3[C@@H](NC(=S)N1c1ccc(F)cc1)[C@@H]2C(=O)Nc1ccc(Cl)cc1. The molecular formula is C24H18Cl2FN3O2S. The van der Waals surface area contributed by atoms with Crippen LogP contribution in [0.15, 0.2) is 66.7 Å². The Morgan fingerprint density at radius 2 is 1.76 bits per heavy atom. The number of thiocarbonyl (C=S) groups is 1. The molecule has 2 aliphatic heterocycles. The molecule has 33 heavy (non-hydrogen) atoms. The van der Waals surface area contributed by atoms with Crippen molar-refractivity contribution >= 4 is 57.8 Å². The van der Waals surface area contributed by atoms with Gasteiger partial charge in [0, 0.05) is 27.0 Å². The van der Waals surface area contributed by atoms with Gasteiger partial charge in [-0.1, -0.05) is 23.2 Å². The molecule has 0 unspecified atom stereocenters. The molecule has 0 spiro atoms. The van der Waals surface area contributed by atoms with Crippen LogP contribution in [0.5, 0.6) is 5.75 Å². The van der Waals surface area contributed by atoms with E-state index in [-0.39, 0.29) is 11.7 Å². The molecule has 0 radical (unpaired) electrons. The van der Waals surface area contributed by atoms with E-state index in [1.54, 1.807) is 66.4 Å². The van der Waals surface area contributed by atoms with Crippen LogP contribution >= 0.6 is 35.4 Å². The van der Waals surface area contributed by atoms with Crippen molar-refractivity contribution in [2.75, 3.05) is 10.2 Å². The van der Waals surface area contributed by atoms with Crippen LogP contribution in [-0.2, 0) is 4.79 Å². The fourth-order valence-electron chi connectivity index (χ4n) is 4.49. The summed E-state index contributed by atoms with van der Waals surface area (Å²) in [6.45, 7) is 1.81. The number of ether oxygens (including phenoxy) is 1. The average Bonchev–Trinajstić information content (AvgIpc) is 2.77. The van der Waals surface area contributed by atoms with Crippen molar-refractivity contribution in [1.29, 1.82) is 0 Å². The van der Waals surface area contributed by atoms with E-state index in [9.17, 15) is 9.18 Å². The molecule has 5 rings (SSSR count). The predicted molar refractivity (Wildman–Crippen MR) is 131 cm³/mol. The smallest absolute Gasteiger partial charge is 0.236 e. The lowest BCUT2D eigenvalue weighted by atomic mass is 9.78. The zero-order valence-corrected chi connectivity index (χ0v) is 19.6. The molecule has 2 bridgehead atoms. The zero-order valence-electron chi connectivity index (χ0n) is 17.3. The number of carbonyl (C=O) groups excluding carboxylic acids is 1. The van der Waals surface area contributed by atoms with Crippen molar-refractivity contribution in [1.82, 2.24) is 5.32 Å². The third-order valence-electron chi connectivity index (χ3n) is 5.94. The highest BCUT2D eigenvalue weighted by molar-refractivity contribution is 7.80. The minimum atomic E-state index is -1.21. The lowest BCUT2D eigenvalue weighted by molar-refractivity contribution is -0.130. The molecule has 2 N–H and O–H groups in total. The van der Waals surface area contributed by atoms with Crippen molar-refractivity contribution in [2.45, 2.75) is 18.7 Å². The number of amides is 1. The molecule has 0 aliphatic carbocycles. The number of rotatable bonds is 3. The van der Waals surface area contributed by atoms with E-state index in [0.29, 0.717) is 32.3 Å². The van der Waals surface area contributed by atoms with Crippen molar-refractivity contribution in [3.63, 3.8) is 0 Å². The number of nitrogens with zero attached hydrogens (tertiary/aromatic N) is 1. The summed E-state index contributed by atoms with van der Waals surface area (Å²) in [6.07, 6.45) is 0. The summed E-state index contributed by atoms with van der Waals surface area (Å²) in [7, 11) is 0. The first-order valence-electron chi connectivity index (χ1n) is 10.2. The Kier molecular flexibility index (Phi) is 5.43. The van der Waals surface area contributed by atoms with E-state index >= 15 is 0 Å². The molecule has 5 nitrogen and oxygen atoms in total. The number of hydrogen-bond donors (Lipinski definition) is 2. The van der Waals surface area contributed by atoms with Crippen LogP contribution in [-0.4, -0.2) is 16.7 Å². The van der Waals surface area contributed by atoms with E-state index in [0.717, 1.165) is 5.56 Å². The van der Waals surface area contributed by atoms with Crippen molar-refractivity contribution in [3.8, 4) is 5.75 Å². The Labute approximate surface area is 205 Å². The van der Waals surface area contributed by atoms with E-state index in [4.69, 9.17) is 40.2 Å². The summed E-state index contributed by atoms with van der Waals surface area (Å²) in [4.78, 5) is 15.4. The van der Waals surface area contributed by atoms with Gasteiger partial charge in [-0.15, -0.1) is 0 Å². The summed E-state index contributed by atoms with van der Waals surface area (Å²) in [6, 6.07) is 17.5. The third-order valence-corrected chi connectivity index (χ3v) is 6.73. The normalized spacial score (nSPS) is 23.3. The fraction of sp³-hybridized carbons (Fsp3) is 0.167. The Bertz CT molecular complexity index is 1260. The van der Waals surface area contributed by atoms with Crippen LogP contribution in [0.3, 0.4) is 0 Å². The molecule has 2 aliphatic rings. The molecule has 1 saturated heterocycles. The topological polar surface area (TPSA) is 53.6 Å². The maximum absolute atomic E-state index is 13.7. The first kappa shape index (κ1) is 21.9. The minimum absolute atomic E-state index is 0.280. The van der Waals surface area contributed by atoms with Gasteiger partial charge in [-0.3, -0.25) is 9.69 Å². The quantitative estimate of drug-likeness (QED) is 0.435. The Hall–Kier alpha value is -2.87. The van der Waals surface area contributed by atoms with E-state index in [1.165, 1.54) is 12.1 Å². The minimum Gasteiger partial charge on any atom is -0.467 e. The maximum atomic E-state index is 13.7. The second kappa shape index (κ2) is 8.17. The van der Waals surface area contributed by atoms with Gasteiger partial charge in [-0.05, 0) is 85.9 Å². The van der Waals surface area contributed by atoms with E-state index in [2.05, 4.69) is 10.6 Å². The van der Waals surface area contributed by atoms with Gasteiger partial charge in [0.1, 0.15) is 17.5 Å². The molecule has 3 aromatic rings. The van der Waals surface area contributed by atoms with Crippen LogP contribution in [0, 0.1) is 11.7 Å². The summed E-state index contributed by atoms with van der Waals surface area (Å²) in [5.74, 6) is -0.808. The predicted octanol–water partition coefficient (Wildman–Crippen LogP) is 5.93. The number of hydrogen-bond acceptors (Lipinski definition) is 3. The van der Waals surface area contributed by atoms with Crippen LogP contribution < -0.4 is 20.3 Å². The molecule has 1 fully saturated rings. The number of benzene rings is 3. The first-order chi connectivity index (χ1) is 15.8. The number of nitrogens with one attached hydrogen (secondary N) is 2. The molecular weight excluding hydrogens is 484 g/mol. The Balaban J connectivity index is 1.62. The molecule has 3 aromatic carbocycles. The standard InChI is InChI=1S/C24H18Cl2FN3O2S/c1-24-20(22(31)28-16-7-2-13(25)3-8-16)21(18-12-14(26)4-11-19(18)32-24)29-23(33)30(24)17-9-5-15(27)6-10-17/h2-12,20-21H,1H3,(H,28,31)(H,29,33)/t20-,21-,24+/m1/s1. The largest absolute Gasteiger partial charge is 0.467 e. The Morgan fingerprint density at radius 3 is 2.45 bits per heavy atom. The van der Waals surface area contributed by atoms with Crippen molar-refractivity contribution in [3.05, 3.63) is 88.2 Å². The zero-order chi connectivity index (χ0) is 23.3. The second-order valence-electron chi connectivity index (χ2n) is 8.05. The third kappa shape index (κ3) is 3.80. The van der Waals surface area contributed by atoms with Gasteiger partial charge < -0.3 is 15.4 Å². The van der Waals surface area contributed by atoms with E-state index < -0.39 is 17.7 Å². The van der Waals surface area contributed by atoms with Gasteiger partial charge >= 0.3 is 0 Å². The summed E-state index contributed by atoms with van der Waals surface area (Å²) >= 11 is 17.9. The van der Waals surface area contributed by atoms with E-state index in [1.807, 2.05) is 0 Å². The molecule has 3 atom stereocenters. The fourth-order valence-corrected chi connectivity index (χ4v) is 5.21. The lowest BCUT2D eigenvalue weighted by Crippen LogP contribution is -2.72. The number of anilines is 2. The second-order valence-corrected chi connectivity index (χ2v) is 9.31. The highest BCUT2D eigenvalue weighted by Crippen LogP contribution is 2.50. The summed E-state index contributed by atoms with van der Waals surface area (Å²) in [5.41, 5.74) is 0.718. The van der Waals surface area contributed by atoms with Gasteiger partial charge in [0.2, 0.25) is 5.91 Å². The average molecular weight is 502 g/mol. The maximum Gasteiger partial charge on any atom is 0.236 e. The first-order valence-corrected chi connectivity index (χ1v) is 11.3. The van der Waals surface area contributed by atoms with Crippen LogP contribution in [0.1, 0.15) is 18.5 Å². The van der Waals surface area contributed by atoms with Gasteiger partial charge in [0.25, 0.3) is 0 Å². The van der Waals surface area contributed by atoms with Gasteiger partial charge in [-0.25, -0.2) is 4.39 Å². The highest BCUT2D eigenvalue weighted by Gasteiger charge is 2.59. The Morgan fingerprint density at radius 1 is 1.09 bits per heavy atom. The highest BCUT2D eigenvalue weighted by atomic mass is 35.5. The van der Waals surface area contributed by atoms with Crippen molar-refractivity contribution in [2.24, 2.45) is 5.92 Å².